The maximum Gasteiger partial charge on any atom is 0.239 e. The second kappa shape index (κ2) is 12.2. The van der Waals surface area contributed by atoms with Crippen LogP contribution in [-0.4, -0.2) is 60.0 Å². The van der Waals surface area contributed by atoms with Crippen LogP contribution in [0, 0.1) is 5.92 Å². The Labute approximate surface area is 172 Å². The first-order valence-corrected chi connectivity index (χ1v) is 10.3. The van der Waals surface area contributed by atoms with Gasteiger partial charge in [-0.15, -0.1) is 0 Å². The lowest BCUT2D eigenvalue weighted by atomic mass is 10.1. The monoisotopic (exact) mass is 404 g/mol. The van der Waals surface area contributed by atoms with Crippen molar-refractivity contribution in [3.63, 3.8) is 0 Å². The first kappa shape index (κ1) is 22.8. The molecule has 1 aliphatic rings. The fourth-order valence-electron chi connectivity index (χ4n) is 3.04. The van der Waals surface area contributed by atoms with Crippen LogP contribution in [-0.2, 0) is 19.1 Å². The van der Waals surface area contributed by atoms with E-state index in [-0.39, 0.29) is 43.2 Å². The molecule has 0 saturated carbocycles. The lowest BCUT2D eigenvalue weighted by Crippen LogP contribution is -2.44. The van der Waals surface area contributed by atoms with E-state index < -0.39 is 0 Å². The van der Waals surface area contributed by atoms with Crippen molar-refractivity contribution in [3.05, 3.63) is 24.4 Å². The smallest absolute Gasteiger partial charge is 0.239 e. The van der Waals surface area contributed by atoms with Crippen LogP contribution in [0.5, 0.6) is 0 Å². The van der Waals surface area contributed by atoms with E-state index in [0.717, 1.165) is 19.3 Å². The maximum absolute atomic E-state index is 12.7. The zero-order chi connectivity index (χ0) is 21.1. The van der Waals surface area contributed by atoms with Crippen LogP contribution in [0.4, 0.5) is 5.82 Å². The van der Waals surface area contributed by atoms with Gasteiger partial charge in [0.05, 0.1) is 12.6 Å². The summed E-state index contributed by atoms with van der Waals surface area (Å²) in [5, 5.41) is 5.52. The van der Waals surface area contributed by atoms with E-state index in [9.17, 15) is 14.4 Å². The van der Waals surface area contributed by atoms with E-state index in [1.54, 1.807) is 24.4 Å². The average molecular weight is 405 g/mol. The van der Waals surface area contributed by atoms with Gasteiger partial charge in [0, 0.05) is 38.7 Å². The Bertz CT molecular complexity index is 660. The number of nitrogens with one attached hydrogen (secondary N) is 2. The van der Waals surface area contributed by atoms with E-state index in [1.165, 1.54) is 4.90 Å². The van der Waals surface area contributed by atoms with Crippen LogP contribution >= 0.6 is 0 Å². The highest BCUT2D eigenvalue weighted by Crippen LogP contribution is 2.14. The standard InChI is InChI=1S/C21H32N4O4/c1-16(2)10-12-23-20(27)15-25(14-17-6-5-13-29-17)21(28)9-8-19(26)24-18-7-3-4-11-22-18/h3-4,7,11,16-17H,5-6,8-10,12-15H2,1-2H3,(H,23,27)(H,22,24,26)/t17-/m0/s1. The summed E-state index contributed by atoms with van der Waals surface area (Å²) in [6, 6.07) is 5.22. The molecule has 0 radical (unpaired) electrons. The fraction of sp³-hybridized carbons (Fsp3) is 0.619. The van der Waals surface area contributed by atoms with Gasteiger partial charge < -0.3 is 20.3 Å². The molecular weight excluding hydrogens is 372 g/mol. The normalized spacial score (nSPS) is 15.9. The zero-order valence-electron chi connectivity index (χ0n) is 17.4. The van der Waals surface area contributed by atoms with Gasteiger partial charge in [0.2, 0.25) is 17.7 Å². The molecule has 8 nitrogen and oxygen atoms in total. The molecule has 2 N–H and O–H groups in total. The van der Waals surface area contributed by atoms with Crippen LogP contribution in [0.25, 0.3) is 0 Å². The molecule has 1 aromatic rings. The highest BCUT2D eigenvalue weighted by molar-refractivity contribution is 5.93. The molecule has 2 rings (SSSR count). The molecule has 2 heterocycles. The maximum atomic E-state index is 12.7. The highest BCUT2D eigenvalue weighted by atomic mass is 16.5. The van der Waals surface area contributed by atoms with Gasteiger partial charge in [-0.1, -0.05) is 19.9 Å². The van der Waals surface area contributed by atoms with Crippen LogP contribution < -0.4 is 10.6 Å². The number of hydrogen-bond acceptors (Lipinski definition) is 5. The molecule has 1 atom stereocenters. The second-order valence-electron chi connectivity index (χ2n) is 7.70. The molecule has 160 valence electrons. The number of hydrogen-bond donors (Lipinski definition) is 2. The summed E-state index contributed by atoms with van der Waals surface area (Å²) in [4.78, 5) is 42.6. The summed E-state index contributed by atoms with van der Waals surface area (Å²) < 4.78 is 5.62. The Morgan fingerprint density at radius 2 is 2.07 bits per heavy atom. The van der Waals surface area contributed by atoms with Crippen molar-refractivity contribution in [2.75, 3.05) is 31.6 Å². The Morgan fingerprint density at radius 3 is 2.72 bits per heavy atom. The Hall–Kier alpha value is -2.48. The SMILES string of the molecule is CC(C)CCNC(=O)CN(C[C@@H]1CCCO1)C(=O)CCC(=O)Nc1ccccn1. The van der Waals surface area contributed by atoms with Gasteiger partial charge in [0.1, 0.15) is 5.82 Å². The lowest BCUT2D eigenvalue weighted by molar-refractivity contribution is -0.138. The third-order valence-electron chi connectivity index (χ3n) is 4.68. The second-order valence-corrected chi connectivity index (χ2v) is 7.70. The molecule has 0 aromatic carbocycles. The molecule has 0 bridgehead atoms. The molecule has 1 aromatic heterocycles. The van der Waals surface area contributed by atoms with Crippen molar-refractivity contribution in [1.29, 1.82) is 0 Å². The average Bonchev–Trinajstić information content (AvgIpc) is 3.19. The summed E-state index contributed by atoms with van der Waals surface area (Å²) in [5.41, 5.74) is 0. The van der Waals surface area contributed by atoms with Gasteiger partial charge in [-0.2, -0.15) is 0 Å². The quantitative estimate of drug-likeness (QED) is 0.587. The third-order valence-corrected chi connectivity index (χ3v) is 4.68. The molecule has 29 heavy (non-hydrogen) atoms. The van der Waals surface area contributed by atoms with Crippen LogP contribution in [0.1, 0.15) is 46.0 Å². The van der Waals surface area contributed by atoms with E-state index in [0.29, 0.717) is 31.4 Å². The number of amides is 3. The number of nitrogens with zero attached hydrogens (tertiary/aromatic N) is 2. The number of carbonyl (C=O) groups excluding carboxylic acids is 3. The van der Waals surface area contributed by atoms with Gasteiger partial charge in [-0.3, -0.25) is 14.4 Å². The molecule has 0 aliphatic carbocycles. The fourth-order valence-corrected chi connectivity index (χ4v) is 3.04. The number of carbonyl (C=O) groups is 3. The van der Waals surface area contributed by atoms with Crippen molar-refractivity contribution < 1.29 is 19.1 Å². The number of aromatic nitrogens is 1. The highest BCUT2D eigenvalue weighted by Gasteiger charge is 2.24. The molecular formula is C21H32N4O4. The lowest BCUT2D eigenvalue weighted by Gasteiger charge is -2.25. The van der Waals surface area contributed by atoms with Crippen molar-refractivity contribution >= 4 is 23.5 Å². The minimum absolute atomic E-state index is 0.0152. The molecule has 3 amide bonds. The van der Waals surface area contributed by atoms with Crippen molar-refractivity contribution in [2.45, 2.75) is 52.1 Å². The molecule has 1 fully saturated rings. The van der Waals surface area contributed by atoms with Gasteiger partial charge in [-0.05, 0) is 37.3 Å². The largest absolute Gasteiger partial charge is 0.376 e. The predicted octanol–water partition coefficient (Wildman–Crippen LogP) is 1.97. The van der Waals surface area contributed by atoms with Crippen molar-refractivity contribution in [1.82, 2.24) is 15.2 Å². The topological polar surface area (TPSA) is 101 Å². The van der Waals surface area contributed by atoms with Crippen LogP contribution in [0.2, 0.25) is 0 Å². The Kier molecular flexibility index (Phi) is 9.56. The van der Waals surface area contributed by atoms with Gasteiger partial charge in [-0.25, -0.2) is 4.98 Å². The minimum atomic E-state index is -0.282. The van der Waals surface area contributed by atoms with E-state index >= 15 is 0 Å². The molecule has 1 saturated heterocycles. The van der Waals surface area contributed by atoms with Gasteiger partial charge in [0.25, 0.3) is 0 Å². The molecule has 8 heteroatoms. The molecule has 1 aliphatic heterocycles. The first-order chi connectivity index (χ1) is 13.9. The van der Waals surface area contributed by atoms with E-state index in [4.69, 9.17) is 4.74 Å². The predicted molar refractivity (Wildman–Crippen MR) is 110 cm³/mol. The summed E-state index contributed by atoms with van der Waals surface area (Å²) in [6.07, 6.45) is 4.32. The summed E-state index contributed by atoms with van der Waals surface area (Å²) in [7, 11) is 0. The number of rotatable bonds is 11. The molecule has 0 spiro atoms. The molecule has 0 unspecified atom stereocenters. The third kappa shape index (κ3) is 9.04. The number of anilines is 1. The first-order valence-electron chi connectivity index (χ1n) is 10.3. The van der Waals surface area contributed by atoms with Gasteiger partial charge >= 0.3 is 0 Å². The van der Waals surface area contributed by atoms with E-state index in [1.807, 2.05) is 0 Å². The number of ether oxygens (including phenoxy) is 1. The van der Waals surface area contributed by atoms with Crippen LogP contribution in [0.3, 0.4) is 0 Å². The Balaban J connectivity index is 1.84. The zero-order valence-corrected chi connectivity index (χ0v) is 17.4. The van der Waals surface area contributed by atoms with Gasteiger partial charge in [0.15, 0.2) is 0 Å². The van der Waals surface area contributed by atoms with Crippen molar-refractivity contribution in [3.8, 4) is 0 Å². The summed E-state index contributed by atoms with van der Waals surface area (Å²) in [5.74, 6) is 0.254. The van der Waals surface area contributed by atoms with E-state index in [2.05, 4.69) is 29.5 Å². The number of pyridine rings is 1. The Morgan fingerprint density at radius 1 is 1.24 bits per heavy atom. The van der Waals surface area contributed by atoms with Crippen LogP contribution in [0.15, 0.2) is 24.4 Å². The minimum Gasteiger partial charge on any atom is -0.376 e. The summed E-state index contributed by atoms with van der Waals surface area (Å²) >= 11 is 0. The summed E-state index contributed by atoms with van der Waals surface area (Å²) in [6.45, 7) is 5.81. The van der Waals surface area contributed by atoms with Crippen molar-refractivity contribution in [2.24, 2.45) is 5.92 Å².